The van der Waals surface area contributed by atoms with Crippen molar-refractivity contribution in [3.8, 4) is 0 Å². The van der Waals surface area contributed by atoms with Crippen molar-refractivity contribution in [2.45, 2.75) is 37.8 Å². The number of hydrogen-bond donors (Lipinski definition) is 3. The lowest BCUT2D eigenvalue weighted by Gasteiger charge is -2.38. The molecule has 1 heterocycles. The van der Waals surface area contributed by atoms with Gasteiger partial charge in [-0.05, 0) is 18.6 Å². The maximum atomic E-state index is 12.8. The molecule has 0 aliphatic heterocycles. The Morgan fingerprint density at radius 2 is 2.26 bits per heavy atom. The van der Waals surface area contributed by atoms with Gasteiger partial charge in [-0.2, -0.15) is 0 Å². The lowest BCUT2D eigenvalue weighted by atomic mass is 9.87. The molecule has 106 valence electrons. The van der Waals surface area contributed by atoms with Gasteiger partial charge in [0.25, 0.3) is 5.92 Å². The van der Waals surface area contributed by atoms with Crippen molar-refractivity contribution >= 4 is 17.4 Å². The molecule has 7 heteroatoms. The molecule has 0 unspecified atom stereocenters. The number of halogens is 3. The number of aromatic nitrogens is 1. The van der Waals surface area contributed by atoms with Gasteiger partial charge >= 0.3 is 0 Å². The zero-order valence-corrected chi connectivity index (χ0v) is 11.2. The first kappa shape index (κ1) is 14.4. The molecule has 19 heavy (non-hydrogen) atoms. The maximum Gasteiger partial charge on any atom is 0.251 e. The van der Waals surface area contributed by atoms with Crippen LogP contribution in [0.3, 0.4) is 0 Å². The molecule has 4 N–H and O–H groups in total. The molecule has 1 fully saturated rings. The van der Waals surface area contributed by atoms with E-state index in [-0.39, 0.29) is 31.3 Å². The number of pyridine rings is 1. The molecule has 1 aromatic rings. The van der Waals surface area contributed by atoms with Crippen LogP contribution in [-0.2, 0) is 0 Å². The van der Waals surface area contributed by atoms with Crippen LogP contribution in [0.1, 0.15) is 30.1 Å². The maximum absolute atomic E-state index is 12.8. The van der Waals surface area contributed by atoms with Crippen molar-refractivity contribution in [2.24, 2.45) is 0 Å². The van der Waals surface area contributed by atoms with Gasteiger partial charge in [0.2, 0.25) is 0 Å². The first-order valence-electron chi connectivity index (χ1n) is 5.99. The van der Waals surface area contributed by atoms with Gasteiger partial charge in [-0.15, -0.1) is 0 Å². The smallest absolute Gasteiger partial charge is 0.251 e. The van der Waals surface area contributed by atoms with Gasteiger partial charge in [0, 0.05) is 24.6 Å². The summed E-state index contributed by atoms with van der Waals surface area (Å²) >= 11 is 5.90. The standard InChI is InChI=1S/C12H16ClF2N3O/c1-6-8(2-9(13)11(16)17-6)10(5-19)18-7-3-12(14,15)4-7/h2,7,10,18-19H,3-5H2,1H3,(H2,16,17)/t10-/m0/s1. The highest BCUT2D eigenvalue weighted by Gasteiger charge is 2.45. The van der Waals surface area contributed by atoms with E-state index in [2.05, 4.69) is 10.3 Å². The number of alkyl halides is 2. The summed E-state index contributed by atoms with van der Waals surface area (Å²) in [5.74, 6) is -2.38. The van der Waals surface area contributed by atoms with E-state index in [0.717, 1.165) is 0 Å². The molecule has 1 saturated carbocycles. The SMILES string of the molecule is Cc1nc(N)c(Cl)cc1[C@H](CO)NC1CC(F)(F)C1. The highest BCUT2D eigenvalue weighted by molar-refractivity contribution is 6.32. The topological polar surface area (TPSA) is 71.2 Å². The van der Waals surface area contributed by atoms with Crippen LogP contribution in [0.2, 0.25) is 5.02 Å². The van der Waals surface area contributed by atoms with Crippen molar-refractivity contribution in [1.29, 1.82) is 0 Å². The third-order valence-corrected chi connectivity index (χ3v) is 3.62. The highest BCUT2D eigenvalue weighted by atomic mass is 35.5. The van der Waals surface area contributed by atoms with Crippen LogP contribution in [0, 0.1) is 6.92 Å². The lowest BCUT2D eigenvalue weighted by molar-refractivity contribution is -0.0959. The summed E-state index contributed by atoms with van der Waals surface area (Å²) in [6, 6.07) is 0.846. The van der Waals surface area contributed by atoms with Crippen LogP contribution < -0.4 is 11.1 Å². The second kappa shape index (κ2) is 5.19. The Balaban J connectivity index is 2.12. The summed E-state index contributed by atoms with van der Waals surface area (Å²) in [4.78, 5) is 4.07. The van der Waals surface area contributed by atoms with Crippen molar-refractivity contribution in [2.75, 3.05) is 12.3 Å². The Morgan fingerprint density at radius 1 is 1.63 bits per heavy atom. The van der Waals surface area contributed by atoms with Crippen LogP contribution in [0.5, 0.6) is 0 Å². The second-order valence-corrected chi connectivity index (χ2v) is 5.30. The van der Waals surface area contributed by atoms with E-state index in [1.54, 1.807) is 13.0 Å². The van der Waals surface area contributed by atoms with Crippen LogP contribution in [0.25, 0.3) is 0 Å². The third kappa shape index (κ3) is 3.13. The molecule has 0 amide bonds. The van der Waals surface area contributed by atoms with Crippen molar-refractivity contribution in [3.63, 3.8) is 0 Å². The number of nitrogen functional groups attached to an aromatic ring is 1. The van der Waals surface area contributed by atoms with E-state index in [9.17, 15) is 13.9 Å². The highest BCUT2D eigenvalue weighted by Crippen LogP contribution is 2.38. The van der Waals surface area contributed by atoms with E-state index in [4.69, 9.17) is 17.3 Å². The van der Waals surface area contributed by atoms with E-state index < -0.39 is 12.0 Å². The summed E-state index contributed by atoms with van der Waals surface area (Å²) < 4.78 is 25.6. The van der Waals surface area contributed by atoms with Crippen LogP contribution in [0.4, 0.5) is 14.6 Å². The zero-order valence-electron chi connectivity index (χ0n) is 10.5. The Labute approximate surface area is 115 Å². The number of rotatable bonds is 4. The normalized spacial score (nSPS) is 20.1. The van der Waals surface area contributed by atoms with E-state index in [1.165, 1.54) is 0 Å². The van der Waals surface area contributed by atoms with Crippen molar-refractivity contribution in [3.05, 3.63) is 22.3 Å². The number of nitrogens with two attached hydrogens (primary N) is 1. The number of nitrogens with zero attached hydrogens (tertiary/aromatic N) is 1. The average Bonchev–Trinajstić information content (AvgIpc) is 2.28. The van der Waals surface area contributed by atoms with Gasteiger partial charge in [-0.3, -0.25) is 0 Å². The molecule has 0 bridgehead atoms. The number of nitrogens with one attached hydrogen (secondary N) is 1. The monoisotopic (exact) mass is 291 g/mol. The molecule has 1 atom stereocenters. The molecule has 1 aliphatic carbocycles. The predicted molar refractivity (Wildman–Crippen MR) is 69.3 cm³/mol. The summed E-state index contributed by atoms with van der Waals surface area (Å²) in [6.07, 6.45) is -0.419. The minimum Gasteiger partial charge on any atom is -0.394 e. The number of anilines is 1. The second-order valence-electron chi connectivity index (χ2n) is 4.89. The van der Waals surface area contributed by atoms with Gasteiger partial charge < -0.3 is 16.2 Å². The molecule has 0 aromatic carbocycles. The van der Waals surface area contributed by atoms with Crippen LogP contribution >= 0.6 is 11.6 Å². The summed E-state index contributed by atoms with van der Waals surface area (Å²) in [5.41, 5.74) is 6.88. The number of hydrogen-bond acceptors (Lipinski definition) is 4. The zero-order chi connectivity index (χ0) is 14.2. The fraction of sp³-hybridized carbons (Fsp3) is 0.583. The molecule has 1 aliphatic rings. The Bertz CT molecular complexity index is 476. The van der Waals surface area contributed by atoms with E-state index in [0.29, 0.717) is 16.3 Å². The quantitative estimate of drug-likeness (QED) is 0.794. The van der Waals surface area contributed by atoms with Crippen LogP contribution in [0.15, 0.2) is 6.07 Å². The average molecular weight is 292 g/mol. The van der Waals surface area contributed by atoms with E-state index in [1.807, 2.05) is 0 Å². The molecule has 0 saturated heterocycles. The summed E-state index contributed by atoms with van der Waals surface area (Å²) in [5, 5.41) is 12.7. The van der Waals surface area contributed by atoms with E-state index >= 15 is 0 Å². The molecule has 2 rings (SSSR count). The predicted octanol–water partition coefficient (Wildman–Crippen LogP) is 2.05. The van der Waals surface area contributed by atoms with Gasteiger partial charge in [0.1, 0.15) is 5.82 Å². The molecular weight excluding hydrogens is 276 g/mol. The Kier molecular flexibility index (Phi) is 3.94. The number of aliphatic hydroxyl groups is 1. The molecule has 0 spiro atoms. The Morgan fingerprint density at radius 3 is 2.79 bits per heavy atom. The molecule has 1 aromatic heterocycles. The third-order valence-electron chi connectivity index (χ3n) is 3.32. The van der Waals surface area contributed by atoms with Gasteiger partial charge in [-0.25, -0.2) is 13.8 Å². The fourth-order valence-electron chi connectivity index (χ4n) is 2.27. The molecular formula is C12H16ClF2N3O. The first-order valence-corrected chi connectivity index (χ1v) is 6.37. The van der Waals surface area contributed by atoms with Gasteiger partial charge in [0.15, 0.2) is 0 Å². The van der Waals surface area contributed by atoms with Crippen molar-refractivity contribution in [1.82, 2.24) is 10.3 Å². The van der Waals surface area contributed by atoms with Crippen molar-refractivity contribution < 1.29 is 13.9 Å². The lowest BCUT2D eigenvalue weighted by Crippen LogP contribution is -2.50. The molecule has 4 nitrogen and oxygen atoms in total. The minimum absolute atomic E-state index is 0.210. The Hall–Kier alpha value is -0.980. The first-order chi connectivity index (χ1) is 8.82. The van der Waals surface area contributed by atoms with Gasteiger partial charge in [-0.1, -0.05) is 11.6 Å². The van der Waals surface area contributed by atoms with Gasteiger partial charge in [0.05, 0.1) is 17.7 Å². The summed E-state index contributed by atoms with van der Waals surface area (Å²) in [7, 11) is 0. The fourth-order valence-corrected chi connectivity index (χ4v) is 2.43. The number of aryl methyl sites for hydroxylation is 1. The number of aliphatic hydroxyl groups excluding tert-OH is 1. The summed E-state index contributed by atoms with van der Waals surface area (Å²) in [6.45, 7) is 1.52. The largest absolute Gasteiger partial charge is 0.394 e. The van der Waals surface area contributed by atoms with Crippen LogP contribution in [-0.4, -0.2) is 28.7 Å². The molecule has 0 radical (unpaired) electrons. The minimum atomic E-state index is -2.59.